The fraction of sp³-hybridized carbons (Fsp3) is 0.421. The summed E-state index contributed by atoms with van der Waals surface area (Å²) in [7, 11) is 2.01. The molecule has 3 aromatic rings. The van der Waals surface area contributed by atoms with E-state index in [4.69, 9.17) is 20.0 Å². The van der Waals surface area contributed by atoms with E-state index in [1.165, 1.54) is 15.3 Å². The number of hydrogen-bond acceptors (Lipinski definition) is 7. The van der Waals surface area contributed by atoms with Crippen molar-refractivity contribution in [3.63, 3.8) is 0 Å². The quantitative estimate of drug-likeness (QED) is 0.687. The van der Waals surface area contributed by atoms with Gasteiger partial charge < -0.3 is 14.5 Å². The Bertz CT molecular complexity index is 941. The molecular formula is C19H22N5OS2+. The molecule has 0 unspecified atom stereocenters. The van der Waals surface area contributed by atoms with Gasteiger partial charge >= 0.3 is 0 Å². The molecule has 27 heavy (non-hydrogen) atoms. The van der Waals surface area contributed by atoms with Crippen molar-refractivity contribution in [1.82, 2.24) is 9.97 Å². The largest absolute Gasteiger partial charge is 0.370 e. The molecule has 6 nitrogen and oxygen atoms in total. The maximum atomic E-state index is 8.99. The summed E-state index contributed by atoms with van der Waals surface area (Å²) >= 11 is 3.40. The zero-order chi connectivity index (χ0) is 18.6. The molecule has 1 saturated heterocycles. The van der Waals surface area contributed by atoms with Crippen LogP contribution in [0.25, 0.3) is 20.7 Å². The van der Waals surface area contributed by atoms with Crippen LogP contribution in [0.2, 0.25) is 0 Å². The molecule has 0 bridgehead atoms. The van der Waals surface area contributed by atoms with E-state index in [0.717, 1.165) is 54.7 Å². The third-order valence-electron chi connectivity index (χ3n) is 4.78. The first-order valence-electron chi connectivity index (χ1n) is 9.07. The molecule has 1 aliphatic rings. The van der Waals surface area contributed by atoms with Crippen molar-refractivity contribution in [3.8, 4) is 16.5 Å². The van der Waals surface area contributed by atoms with E-state index in [2.05, 4.69) is 33.9 Å². The van der Waals surface area contributed by atoms with Gasteiger partial charge in [-0.05, 0) is 11.4 Å². The van der Waals surface area contributed by atoms with Gasteiger partial charge in [0.25, 0.3) is 0 Å². The van der Waals surface area contributed by atoms with Gasteiger partial charge in [-0.1, -0.05) is 6.07 Å². The zero-order valence-electron chi connectivity index (χ0n) is 15.3. The van der Waals surface area contributed by atoms with Gasteiger partial charge in [0.2, 0.25) is 0 Å². The number of nitrogens with one attached hydrogen (secondary N) is 1. The Balaban J connectivity index is 1.75. The molecular weight excluding hydrogens is 378 g/mol. The summed E-state index contributed by atoms with van der Waals surface area (Å²) in [5.74, 6) is 1.81. The van der Waals surface area contributed by atoms with E-state index in [-0.39, 0.29) is 0 Å². The Morgan fingerprint density at radius 3 is 2.89 bits per heavy atom. The van der Waals surface area contributed by atoms with Crippen molar-refractivity contribution in [2.45, 2.75) is 13.0 Å². The van der Waals surface area contributed by atoms with Crippen molar-refractivity contribution in [3.05, 3.63) is 28.7 Å². The predicted octanol–water partition coefficient (Wildman–Crippen LogP) is 2.18. The average molecular weight is 401 g/mol. The van der Waals surface area contributed by atoms with Crippen molar-refractivity contribution in [2.75, 3.05) is 44.8 Å². The second-order valence-electron chi connectivity index (χ2n) is 6.64. The summed E-state index contributed by atoms with van der Waals surface area (Å²) in [5, 5.41) is 14.4. The van der Waals surface area contributed by atoms with Gasteiger partial charge in [0.05, 0.1) is 31.1 Å². The summed E-state index contributed by atoms with van der Waals surface area (Å²) in [6, 6.07) is 6.44. The number of ether oxygens (including phenoxy) is 1. The van der Waals surface area contributed by atoms with E-state index in [0.29, 0.717) is 13.0 Å². The van der Waals surface area contributed by atoms with E-state index < -0.39 is 0 Å². The molecule has 0 spiro atoms. The Morgan fingerprint density at radius 2 is 2.15 bits per heavy atom. The minimum atomic E-state index is 0.477. The molecule has 0 aromatic carbocycles. The fourth-order valence-corrected chi connectivity index (χ4v) is 5.09. The molecule has 0 radical (unpaired) electrons. The van der Waals surface area contributed by atoms with Gasteiger partial charge in [0.1, 0.15) is 30.3 Å². The summed E-state index contributed by atoms with van der Waals surface area (Å²) in [5.41, 5.74) is 1.19. The summed E-state index contributed by atoms with van der Waals surface area (Å²) in [6.45, 7) is 5.05. The number of aromatic nitrogens is 2. The number of quaternary nitrogens is 1. The van der Waals surface area contributed by atoms with Gasteiger partial charge in [0.15, 0.2) is 5.82 Å². The van der Waals surface area contributed by atoms with Crippen molar-refractivity contribution >= 4 is 38.7 Å². The van der Waals surface area contributed by atoms with Crippen LogP contribution in [0.3, 0.4) is 0 Å². The molecule has 0 atom stereocenters. The first-order valence-corrected chi connectivity index (χ1v) is 10.8. The maximum Gasteiger partial charge on any atom is 0.187 e. The summed E-state index contributed by atoms with van der Waals surface area (Å²) in [6.07, 6.45) is 0.477. The minimum Gasteiger partial charge on any atom is -0.370 e. The van der Waals surface area contributed by atoms with Crippen LogP contribution in [0.4, 0.5) is 5.82 Å². The van der Waals surface area contributed by atoms with Gasteiger partial charge in [0, 0.05) is 29.4 Å². The highest BCUT2D eigenvalue weighted by Gasteiger charge is 2.21. The third-order valence-corrected chi connectivity index (χ3v) is 6.55. The number of nitriles is 1. The SMILES string of the molecule is CN(CCC#N)c1nc(C[NH+]2CCOCC2)nc2scc(-c3cccs3)c12. The lowest BCUT2D eigenvalue weighted by Crippen LogP contribution is -3.12. The second-order valence-corrected chi connectivity index (χ2v) is 8.44. The van der Waals surface area contributed by atoms with Crippen LogP contribution in [-0.4, -0.2) is 49.9 Å². The van der Waals surface area contributed by atoms with E-state index in [9.17, 15) is 0 Å². The molecule has 140 valence electrons. The standard InChI is InChI=1S/C19H21N5OS2/c1-23(6-3-5-20)18-17-14(15-4-2-11-26-15)13-27-19(17)22-16(21-18)12-24-7-9-25-10-8-24/h2,4,11,13H,3,6-10,12H2,1H3/p+1. The molecule has 0 saturated carbocycles. The van der Waals surface area contributed by atoms with Crippen LogP contribution >= 0.6 is 22.7 Å². The molecule has 1 N–H and O–H groups in total. The number of nitrogens with zero attached hydrogens (tertiary/aromatic N) is 4. The topological polar surface area (TPSA) is 66.5 Å². The zero-order valence-corrected chi connectivity index (χ0v) is 16.9. The summed E-state index contributed by atoms with van der Waals surface area (Å²) < 4.78 is 5.46. The van der Waals surface area contributed by atoms with E-state index >= 15 is 0 Å². The van der Waals surface area contributed by atoms with E-state index in [1.807, 2.05) is 7.05 Å². The van der Waals surface area contributed by atoms with Crippen LogP contribution in [0.15, 0.2) is 22.9 Å². The fourth-order valence-electron chi connectivity index (χ4n) is 3.32. The number of morpholine rings is 1. The van der Waals surface area contributed by atoms with Crippen molar-refractivity contribution in [2.24, 2.45) is 0 Å². The highest BCUT2D eigenvalue weighted by Crippen LogP contribution is 2.39. The number of anilines is 1. The molecule has 0 aliphatic carbocycles. The highest BCUT2D eigenvalue weighted by atomic mass is 32.1. The van der Waals surface area contributed by atoms with Gasteiger partial charge in [-0.25, -0.2) is 9.97 Å². The smallest absolute Gasteiger partial charge is 0.187 e. The number of hydrogen-bond donors (Lipinski definition) is 1. The third kappa shape index (κ3) is 3.96. The first-order chi connectivity index (χ1) is 13.3. The van der Waals surface area contributed by atoms with Crippen molar-refractivity contribution in [1.29, 1.82) is 5.26 Å². The van der Waals surface area contributed by atoms with Gasteiger partial charge in [-0.15, -0.1) is 22.7 Å². The normalized spacial score (nSPS) is 15.1. The molecule has 4 heterocycles. The Morgan fingerprint density at radius 1 is 1.30 bits per heavy atom. The monoisotopic (exact) mass is 400 g/mol. The molecule has 4 rings (SSSR count). The number of fused-ring (bicyclic) bond motifs is 1. The first kappa shape index (κ1) is 18.3. The minimum absolute atomic E-state index is 0.477. The Labute approximate surface area is 166 Å². The molecule has 3 aromatic heterocycles. The molecule has 8 heteroatoms. The average Bonchev–Trinajstić information content (AvgIpc) is 3.35. The van der Waals surface area contributed by atoms with Gasteiger partial charge in [-0.2, -0.15) is 5.26 Å². The van der Waals surface area contributed by atoms with Crippen molar-refractivity contribution < 1.29 is 9.64 Å². The van der Waals surface area contributed by atoms with E-state index in [1.54, 1.807) is 22.7 Å². The van der Waals surface area contributed by atoms with Crippen LogP contribution in [0.1, 0.15) is 12.2 Å². The highest BCUT2D eigenvalue weighted by molar-refractivity contribution is 7.18. The predicted molar refractivity (Wildman–Crippen MR) is 109 cm³/mol. The van der Waals surface area contributed by atoms with Gasteiger partial charge in [-0.3, -0.25) is 0 Å². The van der Waals surface area contributed by atoms with Crippen LogP contribution < -0.4 is 9.80 Å². The molecule has 0 amide bonds. The number of thiophene rings is 2. The van der Waals surface area contributed by atoms with Crippen LogP contribution in [0, 0.1) is 11.3 Å². The van der Waals surface area contributed by atoms with Crippen LogP contribution in [-0.2, 0) is 11.3 Å². The Kier molecular flexibility index (Phi) is 5.64. The Hall–Kier alpha value is -2.05. The molecule has 1 fully saturated rings. The molecule has 1 aliphatic heterocycles. The second kappa shape index (κ2) is 8.31. The number of rotatable bonds is 6. The lowest BCUT2D eigenvalue weighted by molar-refractivity contribution is -0.922. The maximum absolute atomic E-state index is 8.99. The lowest BCUT2D eigenvalue weighted by Gasteiger charge is -2.24. The summed E-state index contributed by atoms with van der Waals surface area (Å²) in [4.78, 5) is 15.6. The van der Waals surface area contributed by atoms with Crippen LogP contribution in [0.5, 0.6) is 0 Å². The lowest BCUT2D eigenvalue weighted by atomic mass is 10.2.